The molecule has 0 heterocycles. The predicted octanol–water partition coefficient (Wildman–Crippen LogP) is 4.02. The first-order valence-corrected chi connectivity index (χ1v) is 11.2. The molecule has 0 fully saturated rings. The van der Waals surface area contributed by atoms with Crippen molar-refractivity contribution in [2.24, 2.45) is 5.41 Å². The molecule has 0 radical (unpaired) electrons. The third kappa shape index (κ3) is 4.51. The van der Waals surface area contributed by atoms with E-state index in [4.69, 9.17) is 4.43 Å². The summed E-state index contributed by atoms with van der Waals surface area (Å²) in [4.78, 5) is 12.1. The van der Waals surface area contributed by atoms with Crippen molar-refractivity contribution in [1.29, 1.82) is 0 Å². The van der Waals surface area contributed by atoms with Gasteiger partial charge in [-0.3, -0.25) is 4.79 Å². The minimum Gasteiger partial charge on any atom is -0.406 e. The van der Waals surface area contributed by atoms with Crippen LogP contribution in [0.1, 0.15) is 34.1 Å². The molecule has 1 N–H and O–H groups in total. The summed E-state index contributed by atoms with van der Waals surface area (Å²) < 4.78 is 6.19. The van der Waals surface area contributed by atoms with Crippen LogP contribution in [0.4, 0.5) is 0 Å². The second-order valence-electron chi connectivity index (χ2n) is 7.94. The van der Waals surface area contributed by atoms with Gasteiger partial charge in [0.25, 0.3) is 0 Å². The molecule has 0 amide bonds. The zero-order valence-electron chi connectivity index (χ0n) is 15.0. The molecule has 0 saturated heterocycles. The lowest BCUT2D eigenvalue weighted by Crippen LogP contribution is -2.38. The normalized spacial score (nSPS) is 25.5. The Morgan fingerprint density at radius 2 is 1.95 bits per heavy atom. The summed E-state index contributed by atoms with van der Waals surface area (Å²) in [5, 5.41) is 9.89. The highest BCUT2D eigenvalue weighted by molar-refractivity contribution is 6.69. The van der Waals surface area contributed by atoms with Crippen LogP contribution in [0.2, 0.25) is 19.6 Å². The summed E-state index contributed by atoms with van der Waals surface area (Å²) in [5.74, 6) is -0.176. The molecule has 0 aromatic rings. The second kappa shape index (κ2) is 6.26. The fourth-order valence-corrected chi connectivity index (χ4v) is 4.45. The van der Waals surface area contributed by atoms with E-state index in [1.807, 2.05) is 19.1 Å². The lowest BCUT2D eigenvalue weighted by Gasteiger charge is -2.36. The van der Waals surface area contributed by atoms with Gasteiger partial charge in [0, 0.05) is 0 Å². The Bertz CT molecular complexity index is 523. The molecule has 4 heteroatoms. The Balaban J connectivity index is 3.19. The van der Waals surface area contributed by atoms with Crippen molar-refractivity contribution in [3.63, 3.8) is 0 Å². The summed E-state index contributed by atoms with van der Waals surface area (Å²) >= 11 is 0. The maximum absolute atomic E-state index is 12.1. The first-order chi connectivity index (χ1) is 9.81. The summed E-state index contributed by atoms with van der Waals surface area (Å²) in [7, 11) is -1.72. The molecular formula is C18H30O3Si. The van der Waals surface area contributed by atoms with Gasteiger partial charge in [0.15, 0.2) is 14.1 Å². The van der Waals surface area contributed by atoms with E-state index in [0.29, 0.717) is 12.0 Å². The zero-order chi connectivity index (χ0) is 17.3. The van der Waals surface area contributed by atoms with Gasteiger partial charge in [0.1, 0.15) is 6.10 Å². The molecule has 1 aliphatic carbocycles. The molecule has 22 heavy (non-hydrogen) atoms. The Morgan fingerprint density at radius 3 is 2.41 bits per heavy atom. The number of carbonyl (C=O) groups is 1. The summed E-state index contributed by atoms with van der Waals surface area (Å²) in [5.41, 5.74) is 0.816. The van der Waals surface area contributed by atoms with Crippen LogP contribution in [0, 0.1) is 5.41 Å². The molecule has 3 nitrogen and oxygen atoms in total. The third-order valence-corrected chi connectivity index (χ3v) is 5.07. The van der Waals surface area contributed by atoms with Gasteiger partial charge in [0.2, 0.25) is 0 Å². The molecule has 0 aromatic heterocycles. The van der Waals surface area contributed by atoms with Gasteiger partial charge in [-0.05, 0) is 56.5 Å². The molecule has 2 unspecified atom stereocenters. The van der Waals surface area contributed by atoms with Crippen molar-refractivity contribution in [1.82, 2.24) is 0 Å². The Hall–Kier alpha value is -0.973. The Kier molecular flexibility index (Phi) is 5.43. The molecule has 1 rings (SSSR count). The van der Waals surface area contributed by atoms with Crippen LogP contribution < -0.4 is 0 Å². The minimum atomic E-state index is -1.72. The molecule has 0 aromatic carbocycles. The first-order valence-electron chi connectivity index (χ1n) is 7.78. The van der Waals surface area contributed by atoms with Crippen molar-refractivity contribution >= 4 is 14.1 Å². The largest absolute Gasteiger partial charge is 0.406 e. The summed E-state index contributed by atoms with van der Waals surface area (Å²) in [6, 6.07) is 0. The molecule has 0 saturated carbocycles. The number of hydrogen-bond donors (Lipinski definition) is 1. The smallest absolute Gasteiger partial charge is 0.187 e. The molecule has 1 aliphatic rings. The van der Waals surface area contributed by atoms with Gasteiger partial charge in [-0.25, -0.2) is 0 Å². The SMILES string of the molecule is C=CC(C)(C=CC1=C(C)C(=O)C(O)CC1(C)C)O[Si](C)(C)C. The zero-order valence-corrected chi connectivity index (χ0v) is 16.0. The first kappa shape index (κ1) is 19.1. The predicted molar refractivity (Wildman–Crippen MR) is 94.3 cm³/mol. The molecule has 0 bridgehead atoms. The fourth-order valence-electron chi connectivity index (χ4n) is 2.98. The van der Waals surface area contributed by atoms with Crippen molar-refractivity contribution < 1.29 is 14.3 Å². The van der Waals surface area contributed by atoms with Crippen molar-refractivity contribution in [3.8, 4) is 0 Å². The van der Waals surface area contributed by atoms with Crippen LogP contribution in [0.5, 0.6) is 0 Å². The van der Waals surface area contributed by atoms with Gasteiger partial charge in [0.05, 0.1) is 5.60 Å². The van der Waals surface area contributed by atoms with E-state index in [-0.39, 0.29) is 11.2 Å². The van der Waals surface area contributed by atoms with E-state index in [9.17, 15) is 9.90 Å². The van der Waals surface area contributed by atoms with E-state index in [1.54, 1.807) is 13.0 Å². The van der Waals surface area contributed by atoms with Gasteiger partial charge in [-0.2, -0.15) is 0 Å². The minimum absolute atomic E-state index is 0.176. The fraction of sp³-hybridized carbons (Fsp3) is 0.611. The number of aliphatic hydroxyl groups excluding tert-OH is 1. The van der Waals surface area contributed by atoms with Crippen LogP contribution in [0.3, 0.4) is 0 Å². The van der Waals surface area contributed by atoms with E-state index >= 15 is 0 Å². The Morgan fingerprint density at radius 1 is 1.41 bits per heavy atom. The van der Waals surface area contributed by atoms with Crippen LogP contribution >= 0.6 is 0 Å². The van der Waals surface area contributed by atoms with Gasteiger partial charge < -0.3 is 9.53 Å². The lowest BCUT2D eigenvalue weighted by atomic mass is 9.71. The number of aliphatic hydroxyl groups is 1. The van der Waals surface area contributed by atoms with Crippen LogP contribution in [0.25, 0.3) is 0 Å². The number of rotatable bonds is 5. The number of hydrogen-bond acceptors (Lipinski definition) is 3. The molecule has 0 aliphatic heterocycles. The highest BCUT2D eigenvalue weighted by atomic mass is 28.4. The van der Waals surface area contributed by atoms with E-state index in [1.165, 1.54) is 0 Å². The van der Waals surface area contributed by atoms with Gasteiger partial charge in [-0.15, -0.1) is 0 Å². The van der Waals surface area contributed by atoms with E-state index in [2.05, 4.69) is 40.1 Å². The third-order valence-electron chi connectivity index (χ3n) is 4.02. The maximum atomic E-state index is 12.1. The van der Waals surface area contributed by atoms with Gasteiger partial charge in [-0.1, -0.05) is 38.7 Å². The Labute approximate surface area is 135 Å². The van der Waals surface area contributed by atoms with Crippen molar-refractivity contribution in [2.45, 2.75) is 65.5 Å². The molecule has 124 valence electrons. The number of ketones is 1. The quantitative estimate of drug-likeness (QED) is 0.614. The van der Waals surface area contributed by atoms with E-state index in [0.717, 1.165) is 5.57 Å². The molecule has 0 spiro atoms. The maximum Gasteiger partial charge on any atom is 0.187 e. The van der Waals surface area contributed by atoms with Crippen LogP contribution in [-0.4, -0.2) is 30.9 Å². The highest BCUT2D eigenvalue weighted by Crippen LogP contribution is 2.40. The highest BCUT2D eigenvalue weighted by Gasteiger charge is 2.37. The summed E-state index contributed by atoms with van der Waals surface area (Å²) in [6.45, 7) is 18.2. The number of carbonyl (C=O) groups excluding carboxylic acids is 1. The molecule has 2 atom stereocenters. The topological polar surface area (TPSA) is 46.5 Å². The second-order valence-corrected chi connectivity index (χ2v) is 12.4. The number of Topliss-reactive ketones (excluding diaryl/α,β-unsaturated/α-hetero) is 1. The summed E-state index contributed by atoms with van der Waals surface area (Å²) in [6.07, 6.45) is 5.30. The van der Waals surface area contributed by atoms with Crippen molar-refractivity contribution in [2.75, 3.05) is 0 Å². The van der Waals surface area contributed by atoms with Crippen LogP contribution in [0.15, 0.2) is 36.0 Å². The average Bonchev–Trinajstić information content (AvgIpc) is 2.33. The number of allylic oxidation sites excluding steroid dienone is 2. The lowest BCUT2D eigenvalue weighted by molar-refractivity contribution is -0.125. The average molecular weight is 323 g/mol. The van der Waals surface area contributed by atoms with Crippen LogP contribution in [-0.2, 0) is 9.22 Å². The standard InChI is InChI=1S/C18H30O3Si/c1-9-18(5,21-22(6,7)8)11-10-14-13(2)16(20)15(19)12-17(14,3)4/h9-11,15,19H,1,12H2,2-8H3. The van der Waals surface area contributed by atoms with E-state index < -0.39 is 20.0 Å². The molecular weight excluding hydrogens is 292 g/mol. The van der Waals surface area contributed by atoms with Gasteiger partial charge >= 0.3 is 0 Å². The van der Waals surface area contributed by atoms with Crippen molar-refractivity contribution in [3.05, 3.63) is 36.0 Å². The monoisotopic (exact) mass is 322 g/mol.